The zero-order valence-electron chi connectivity index (χ0n) is 12.8. The molecule has 0 bridgehead atoms. The molecule has 2 aromatic carbocycles. The van der Waals surface area contributed by atoms with Crippen LogP contribution in [0.15, 0.2) is 48.5 Å². The number of methoxy groups -OCH3 is 1. The van der Waals surface area contributed by atoms with Gasteiger partial charge in [-0.05, 0) is 42.3 Å². The molecule has 0 heterocycles. The summed E-state index contributed by atoms with van der Waals surface area (Å²) < 4.78 is 5.17. The predicted molar refractivity (Wildman–Crippen MR) is 86.5 cm³/mol. The Kier molecular flexibility index (Phi) is 5.37. The first-order valence-corrected chi connectivity index (χ1v) is 7.29. The number of ether oxygens (including phenoxy) is 1. The van der Waals surface area contributed by atoms with Gasteiger partial charge in [-0.2, -0.15) is 0 Å². The van der Waals surface area contributed by atoms with Gasteiger partial charge >= 0.3 is 0 Å². The van der Waals surface area contributed by atoms with E-state index in [-0.39, 0.29) is 6.04 Å². The number of nitrogens with one attached hydrogen (secondary N) is 1. The molecule has 0 aromatic heterocycles. The standard InChI is InChI=1S/C18H23NO2/c1-4-17(19-2)18(20)15-7-5-13(6-8-15)14-9-11-16(21-3)12-10-14/h5-12,17-20H,4H2,1-3H3. The van der Waals surface area contributed by atoms with Gasteiger partial charge in [-0.25, -0.2) is 0 Å². The van der Waals surface area contributed by atoms with Crippen molar-refractivity contribution in [3.8, 4) is 16.9 Å². The highest BCUT2D eigenvalue weighted by Crippen LogP contribution is 2.25. The highest BCUT2D eigenvalue weighted by molar-refractivity contribution is 5.64. The van der Waals surface area contributed by atoms with Crippen LogP contribution < -0.4 is 10.1 Å². The highest BCUT2D eigenvalue weighted by Gasteiger charge is 2.17. The summed E-state index contributed by atoms with van der Waals surface area (Å²) in [4.78, 5) is 0. The van der Waals surface area contributed by atoms with Gasteiger partial charge in [-0.3, -0.25) is 0 Å². The summed E-state index contributed by atoms with van der Waals surface area (Å²) in [5, 5.41) is 13.5. The molecule has 0 aliphatic heterocycles. The Bertz CT molecular complexity index is 544. The Hall–Kier alpha value is -1.84. The number of aliphatic hydroxyl groups is 1. The number of likely N-dealkylation sites (N-methyl/N-ethyl adjacent to an activating group) is 1. The minimum atomic E-state index is -0.482. The normalized spacial score (nSPS) is 13.7. The first-order valence-electron chi connectivity index (χ1n) is 7.29. The van der Waals surface area contributed by atoms with Crippen LogP contribution in [0, 0.1) is 0 Å². The van der Waals surface area contributed by atoms with Crippen molar-refractivity contribution < 1.29 is 9.84 Å². The molecule has 0 saturated carbocycles. The summed E-state index contributed by atoms with van der Waals surface area (Å²) >= 11 is 0. The van der Waals surface area contributed by atoms with Crippen LogP contribution in [0.3, 0.4) is 0 Å². The Morgan fingerprint density at radius 3 is 1.95 bits per heavy atom. The molecule has 0 radical (unpaired) electrons. The molecule has 2 unspecified atom stereocenters. The fraction of sp³-hybridized carbons (Fsp3) is 0.333. The van der Waals surface area contributed by atoms with Crippen molar-refractivity contribution in [2.45, 2.75) is 25.5 Å². The van der Waals surface area contributed by atoms with Gasteiger partial charge in [0.2, 0.25) is 0 Å². The van der Waals surface area contributed by atoms with E-state index in [1.165, 1.54) is 0 Å². The lowest BCUT2D eigenvalue weighted by Crippen LogP contribution is -2.31. The van der Waals surface area contributed by atoms with Crippen LogP contribution in [0.4, 0.5) is 0 Å². The molecule has 21 heavy (non-hydrogen) atoms. The van der Waals surface area contributed by atoms with Gasteiger partial charge in [0, 0.05) is 6.04 Å². The third-order valence-electron chi connectivity index (χ3n) is 3.87. The van der Waals surface area contributed by atoms with Gasteiger partial charge in [0.15, 0.2) is 0 Å². The molecular weight excluding hydrogens is 262 g/mol. The van der Waals surface area contributed by atoms with E-state index < -0.39 is 6.10 Å². The van der Waals surface area contributed by atoms with Crippen molar-refractivity contribution in [1.29, 1.82) is 0 Å². The number of hydrogen-bond donors (Lipinski definition) is 2. The molecule has 0 fully saturated rings. The Morgan fingerprint density at radius 2 is 1.52 bits per heavy atom. The highest BCUT2D eigenvalue weighted by atomic mass is 16.5. The SMILES string of the molecule is CCC(NC)C(O)c1ccc(-c2ccc(OC)cc2)cc1. The summed E-state index contributed by atoms with van der Waals surface area (Å²) in [5.74, 6) is 0.852. The van der Waals surface area contributed by atoms with E-state index in [9.17, 15) is 5.11 Å². The van der Waals surface area contributed by atoms with Gasteiger partial charge in [-0.1, -0.05) is 43.3 Å². The fourth-order valence-corrected chi connectivity index (χ4v) is 2.47. The molecule has 2 aromatic rings. The summed E-state index contributed by atoms with van der Waals surface area (Å²) in [7, 11) is 3.54. The van der Waals surface area contributed by atoms with E-state index in [1.807, 2.05) is 55.6 Å². The maximum absolute atomic E-state index is 10.3. The van der Waals surface area contributed by atoms with Crippen molar-refractivity contribution in [2.24, 2.45) is 0 Å². The Balaban J connectivity index is 2.17. The van der Waals surface area contributed by atoms with Gasteiger partial charge in [-0.15, -0.1) is 0 Å². The van der Waals surface area contributed by atoms with E-state index in [0.29, 0.717) is 0 Å². The van der Waals surface area contributed by atoms with E-state index in [1.54, 1.807) is 7.11 Å². The number of rotatable bonds is 6. The van der Waals surface area contributed by atoms with Crippen LogP contribution in [0.2, 0.25) is 0 Å². The van der Waals surface area contributed by atoms with Gasteiger partial charge in [0.25, 0.3) is 0 Å². The van der Waals surface area contributed by atoms with Crippen LogP contribution in [0.1, 0.15) is 25.0 Å². The third kappa shape index (κ3) is 3.63. The summed E-state index contributed by atoms with van der Waals surface area (Å²) in [5.41, 5.74) is 3.21. The number of benzene rings is 2. The van der Waals surface area contributed by atoms with Gasteiger partial charge in [0.05, 0.1) is 13.2 Å². The molecule has 2 rings (SSSR count). The van der Waals surface area contributed by atoms with Crippen molar-refractivity contribution in [3.63, 3.8) is 0 Å². The lowest BCUT2D eigenvalue weighted by Gasteiger charge is -2.21. The molecule has 0 aliphatic rings. The molecule has 3 nitrogen and oxygen atoms in total. The van der Waals surface area contributed by atoms with Crippen molar-refractivity contribution >= 4 is 0 Å². The van der Waals surface area contributed by atoms with Gasteiger partial charge in [0.1, 0.15) is 5.75 Å². The fourth-order valence-electron chi connectivity index (χ4n) is 2.47. The molecule has 112 valence electrons. The van der Waals surface area contributed by atoms with Crippen LogP contribution in [0.25, 0.3) is 11.1 Å². The maximum Gasteiger partial charge on any atom is 0.118 e. The van der Waals surface area contributed by atoms with E-state index >= 15 is 0 Å². The maximum atomic E-state index is 10.3. The number of hydrogen-bond acceptors (Lipinski definition) is 3. The minimum Gasteiger partial charge on any atom is -0.497 e. The van der Waals surface area contributed by atoms with Crippen LogP contribution in [-0.4, -0.2) is 25.3 Å². The second kappa shape index (κ2) is 7.25. The van der Waals surface area contributed by atoms with Crippen LogP contribution in [-0.2, 0) is 0 Å². The lowest BCUT2D eigenvalue weighted by atomic mass is 9.97. The van der Waals surface area contributed by atoms with Crippen LogP contribution >= 0.6 is 0 Å². The molecule has 0 amide bonds. The first kappa shape index (κ1) is 15.5. The quantitative estimate of drug-likeness (QED) is 0.855. The molecule has 3 heteroatoms. The monoisotopic (exact) mass is 285 g/mol. The van der Waals surface area contributed by atoms with E-state index in [2.05, 4.69) is 12.2 Å². The molecule has 0 saturated heterocycles. The first-order chi connectivity index (χ1) is 10.2. The summed E-state index contributed by atoms with van der Waals surface area (Å²) in [6.07, 6.45) is 0.405. The molecule has 0 aliphatic carbocycles. The molecular formula is C18H23NO2. The van der Waals surface area contributed by atoms with E-state index in [0.717, 1.165) is 28.9 Å². The van der Waals surface area contributed by atoms with Crippen molar-refractivity contribution in [3.05, 3.63) is 54.1 Å². The Morgan fingerprint density at radius 1 is 1.00 bits per heavy atom. The van der Waals surface area contributed by atoms with Crippen LogP contribution in [0.5, 0.6) is 5.75 Å². The van der Waals surface area contributed by atoms with Gasteiger partial charge < -0.3 is 15.2 Å². The van der Waals surface area contributed by atoms with Crippen molar-refractivity contribution in [2.75, 3.05) is 14.2 Å². The zero-order valence-corrected chi connectivity index (χ0v) is 12.8. The second-order valence-electron chi connectivity index (χ2n) is 5.10. The summed E-state index contributed by atoms with van der Waals surface area (Å²) in [6, 6.07) is 16.1. The van der Waals surface area contributed by atoms with Crippen molar-refractivity contribution in [1.82, 2.24) is 5.32 Å². The minimum absolute atomic E-state index is 0.0804. The third-order valence-corrected chi connectivity index (χ3v) is 3.87. The smallest absolute Gasteiger partial charge is 0.118 e. The topological polar surface area (TPSA) is 41.5 Å². The molecule has 2 N–H and O–H groups in total. The second-order valence-corrected chi connectivity index (χ2v) is 5.10. The average molecular weight is 285 g/mol. The molecule has 2 atom stereocenters. The zero-order chi connectivity index (χ0) is 15.2. The molecule has 0 spiro atoms. The lowest BCUT2D eigenvalue weighted by molar-refractivity contribution is 0.130. The number of aliphatic hydroxyl groups excluding tert-OH is 1. The van der Waals surface area contributed by atoms with E-state index in [4.69, 9.17) is 4.74 Å². The summed E-state index contributed by atoms with van der Waals surface area (Å²) in [6.45, 7) is 2.07. The Labute approximate surface area is 126 Å². The average Bonchev–Trinajstić information content (AvgIpc) is 2.56. The predicted octanol–water partition coefficient (Wildman–Crippen LogP) is 3.39. The largest absolute Gasteiger partial charge is 0.497 e.